The number of hydrogen-bond donors (Lipinski definition) is 1. The number of hydrogen-bond acceptors (Lipinski definition) is 3. The standard InChI is InChI=1S/C10H15NOS/c1-7-11-6-10(13-7)8-4-2-3-5-9(8)12/h6,8-9,12H,2-5H2,1H3. The summed E-state index contributed by atoms with van der Waals surface area (Å²) in [6, 6.07) is 0. The van der Waals surface area contributed by atoms with E-state index in [9.17, 15) is 5.11 Å². The van der Waals surface area contributed by atoms with Gasteiger partial charge < -0.3 is 5.11 Å². The summed E-state index contributed by atoms with van der Waals surface area (Å²) in [5.74, 6) is 0.361. The molecule has 0 spiro atoms. The number of aryl methyl sites for hydroxylation is 1. The van der Waals surface area contributed by atoms with E-state index in [1.165, 1.54) is 17.7 Å². The molecule has 72 valence electrons. The zero-order chi connectivity index (χ0) is 9.26. The molecule has 3 heteroatoms. The third-order valence-electron chi connectivity index (χ3n) is 2.73. The molecule has 1 aliphatic rings. The molecule has 2 rings (SSSR count). The maximum Gasteiger partial charge on any atom is 0.0896 e. The van der Waals surface area contributed by atoms with Gasteiger partial charge in [-0.05, 0) is 19.8 Å². The molecule has 0 bridgehead atoms. The Bertz CT molecular complexity index is 284. The Morgan fingerprint density at radius 1 is 1.46 bits per heavy atom. The second-order valence-electron chi connectivity index (χ2n) is 3.74. The Balaban J connectivity index is 2.14. The van der Waals surface area contributed by atoms with Crippen molar-refractivity contribution in [3.8, 4) is 0 Å². The van der Waals surface area contributed by atoms with Gasteiger partial charge >= 0.3 is 0 Å². The van der Waals surface area contributed by atoms with Crippen LogP contribution in [0.25, 0.3) is 0 Å². The van der Waals surface area contributed by atoms with Crippen molar-refractivity contribution in [3.05, 3.63) is 16.1 Å². The fourth-order valence-electron chi connectivity index (χ4n) is 1.99. The summed E-state index contributed by atoms with van der Waals surface area (Å²) >= 11 is 1.73. The van der Waals surface area contributed by atoms with Crippen LogP contribution in [0.5, 0.6) is 0 Å². The molecule has 0 aromatic carbocycles. The van der Waals surface area contributed by atoms with Crippen LogP contribution in [0.2, 0.25) is 0 Å². The molecular formula is C10H15NOS. The lowest BCUT2D eigenvalue weighted by molar-refractivity contribution is 0.107. The van der Waals surface area contributed by atoms with Gasteiger partial charge in [-0.3, -0.25) is 0 Å². The zero-order valence-corrected chi connectivity index (χ0v) is 8.68. The Morgan fingerprint density at radius 2 is 2.23 bits per heavy atom. The summed E-state index contributed by atoms with van der Waals surface area (Å²) in [6.45, 7) is 2.02. The van der Waals surface area contributed by atoms with Gasteiger partial charge in [-0.1, -0.05) is 12.8 Å². The fourth-order valence-corrected chi connectivity index (χ4v) is 2.97. The molecule has 2 atom stereocenters. The van der Waals surface area contributed by atoms with Crippen LogP contribution in [-0.4, -0.2) is 16.2 Å². The topological polar surface area (TPSA) is 33.1 Å². The Hall–Kier alpha value is -0.410. The Labute approximate surface area is 82.6 Å². The third kappa shape index (κ3) is 1.92. The van der Waals surface area contributed by atoms with Gasteiger partial charge in [0, 0.05) is 17.0 Å². The Morgan fingerprint density at radius 3 is 2.85 bits per heavy atom. The van der Waals surface area contributed by atoms with Crippen LogP contribution >= 0.6 is 11.3 Å². The molecule has 0 aliphatic heterocycles. The summed E-state index contributed by atoms with van der Waals surface area (Å²) in [5.41, 5.74) is 0. The van der Waals surface area contributed by atoms with Gasteiger partial charge in [0.2, 0.25) is 0 Å². The molecular weight excluding hydrogens is 182 g/mol. The minimum Gasteiger partial charge on any atom is -0.392 e. The number of rotatable bonds is 1. The van der Waals surface area contributed by atoms with Crippen molar-refractivity contribution < 1.29 is 5.11 Å². The lowest BCUT2D eigenvalue weighted by atomic mass is 9.86. The minimum absolute atomic E-state index is 0.131. The largest absolute Gasteiger partial charge is 0.392 e. The normalized spacial score (nSPS) is 29.1. The highest BCUT2D eigenvalue weighted by molar-refractivity contribution is 7.11. The predicted molar refractivity (Wildman–Crippen MR) is 54.1 cm³/mol. The summed E-state index contributed by atoms with van der Waals surface area (Å²) in [7, 11) is 0. The Kier molecular flexibility index (Phi) is 2.65. The first-order valence-electron chi connectivity index (χ1n) is 4.88. The second-order valence-corrected chi connectivity index (χ2v) is 5.01. The highest BCUT2D eigenvalue weighted by Crippen LogP contribution is 2.35. The highest BCUT2D eigenvalue weighted by Gasteiger charge is 2.25. The zero-order valence-electron chi connectivity index (χ0n) is 7.86. The number of aliphatic hydroxyl groups is 1. The van der Waals surface area contributed by atoms with E-state index in [0.29, 0.717) is 5.92 Å². The van der Waals surface area contributed by atoms with E-state index in [2.05, 4.69) is 4.98 Å². The molecule has 1 aliphatic carbocycles. The summed E-state index contributed by atoms with van der Waals surface area (Å²) in [5, 5.41) is 10.9. The molecule has 0 radical (unpaired) electrons. The molecule has 2 nitrogen and oxygen atoms in total. The molecule has 1 aromatic heterocycles. The van der Waals surface area contributed by atoms with Crippen molar-refractivity contribution in [3.63, 3.8) is 0 Å². The van der Waals surface area contributed by atoms with Crippen LogP contribution in [0.1, 0.15) is 41.5 Å². The van der Waals surface area contributed by atoms with Crippen LogP contribution in [0.15, 0.2) is 6.20 Å². The second kappa shape index (κ2) is 3.76. The molecule has 2 unspecified atom stereocenters. The summed E-state index contributed by atoms with van der Waals surface area (Å²) in [6.07, 6.45) is 6.31. The molecule has 1 N–H and O–H groups in total. The molecule has 0 amide bonds. The van der Waals surface area contributed by atoms with Crippen LogP contribution < -0.4 is 0 Å². The maximum absolute atomic E-state index is 9.81. The van der Waals surface area contributed by atoms with Crippen LogP contribution in [-0.2, 0) is 0 Å². The van der Waals surface area contributed by atoms with Crippen molar-refractivity contribution in [1.82, 2.24) is 4.98 Å². The van der Waals surface area contributed by atoms with E-state index >= 15 is 0 Å². The molecule has 1 fully saturated rings. The van der Waals surface area contributed by atoms with E-state index in [0.717, 1.165) is 17.8 Å². The molecule has 1 heterocycles. The van der Waals surface area contributed by atoms with Crippen LogP contribution in [0, 0.1) is 6.92 Å². The first-order chi connectivity index (χ1) is 6.27. The van der Waals surface area contributed by atoms with Crippen molar-refractivity contribution in [2.24, 2.45) is 0 Å². The van der Waals surface area contributed by atoms with E-state index in [-0.39, 0.29) is 6.10 Å². The smallest absolute Gasteiger partial charge is 0.0896 e. The molecule has 13 heavy (non-hydrogen) atoms. The van der Waals surface area contributed by atoms with E-state index in [4.69, 9.17) is 0 Å². The van der Waals surface area contributed by atoms with Crippen LogP contribution in [0.4, 0.5) is 0 Å². The van der Waals surface area contributed by atoms with Gasteiger partial charge in [-0.15, -0.1) is 11.3 Å². The highest BCUT2D eigenvalue weighted by atomic mass is 32.1. The van der Waals surface area contributed by atoms with Gasteiger partial charge in [0.25, 0.3) is 0 Å². The van der Waals surface area contributed by atoms with E-state index < -0.39 is 0 Å². The lowest BCUT2D eigenvalue weighted by Crippen LogP contribution is -2.21. The van der Waals surface area contributed by atoms with Gasteiger partial charge in [0.1, 0.15) is 0 Å². The number of thiazole rings is 1. The predicted octanol–water partition coefficient (Wildman–Crippen LogP) is 2.47. The third-order valence-corrected chi connectivity index (χ3v) is 3.78. The SMILES string of the molecule is Cc1ncc(C2CCCCC2O)s1. The summed E-state index contributed by atoms with van der Waals surface area (Å²) < 4.78 is 0. The molecule has 1 saturated carbocycles. The monoisotopic (exact) mass is 197 g/mol. The van der Waals surface area contributed by atoms with Crippen molar-refractivity contribution in [2.45, 2.75) is 44.6 Å². The molecule has 1 aromatic rings. The van der Waals surface area contributed by atoms with Gasteiger partial charge in [-0.25, -0.2) is 4.98 Å². The van der Waals surface area contributed by atoms with E-state index in [1.807, 2.05) is 13.1 Å². The first-order valence-corrected chi connectivity index (χ1v) is 5.69. The quantitative estimate of drug-likeness (QED) is 0.750. The van der Waals surface area contributed by atoms with Crippen LogP contribution in [0.3, 0.4) is 0 Å². The average Bonchev–Trinajstić information content (AvgIpc) is 2.53. The summed E-state index contributed by atoms with van der Waals surface area (Å²) in [4.78, 5) is 5.50. The first kappa shape index (κ1) is 9.16. The average molecular weight is 197 g/mol. The number of aliphatic hydroxyl groups excluding tert-OH is 1. The van der Waals surface area contributed by atoms with Crippen molar-refractivity contribution in [2.75, 3.05) is 0 Å². The fraction of sp³-hybridized carbons (Fsp3) is 0.700. The number of aromatic nitrogens is 1. The molecule has 0 saturated heterocycles. The maximum atomic E-state index is 9.81. The van der Waals surface area contributed by atoms with Gasteiger partial charge in [0.05, 0.1) is 11.1 Å². The minimum atomic E-state index is -0.131. The van der Waals surface area contributed by atoms with Gasteiger partial charge in [0.15, 0.2) is 0 Å². The van der Waals surface area contributed by atoms with E-state index in [1.54, 1.807) is 11.3 Å². The lowest BCUT2D eigenvalue weighted by Gasteiger charge is -2.26. The van der Waals surface area contributed by atoms with Crippen molar-refractivity contribution >= 4 is 11.3 Å². The van der Waals surface area contributed by atoms with Gasteiger partial charge in [-0.2, -0.15) is 0 Å². The van der Waals surface area contributed by atoms with Crippen molar-refractivity contribution in [1.29, 1.82) is 0 Å². The number of nitrogens with zero attached hydrogens (tertiary/aromatic N) is 1.